The van der Waals surface area contributed by atoms with Crippen LogP contribution in [-0.2, 0) is 14.3 Å². The lowest BCUT2D eigenvalue weighted by atomic mass is 9.90. The number of hydrogen-bond donors (Lipinski definition) is 1. The second-order valence-electron chi connectivity index (χ2n) is 4.17. The fourth-order valence-electron chi connectivity index (χ4n) is 2.36. The van der Waals surface area contributed by atoms with Gasteiger partial charge in [0.25, 0.3) is 0 Å². The van der Waals surface area contributed by atoms with Crippen molar-refractivity contribution in [2.75, 3.05) is 7.11 Å². The highest BCUT2D eigenvalue weighted by Crippen LogP contribution is 2.39. The number of esters is 2. The van der Waals surface area contributed by atoms with E-state index in [9.17, 15) is 9.59 Å². The SMILES string of the molecule is COC(=O)C1CC(=O)Oc2ccc3[nH]ccc3c21. The van der Waals surface area contributed by atoms with Crippen LogP contribution in [0.5, 0.6) is 5.75 Å². The average Bonchev–Trinajstić information content (AvgIpc) is 2.84. The van der Waals surface area contributed by atoms with Gasteiger partial charge in [0.15, 0.2) is 0 Å². The van der Waals surface area contributed by atoms with Crippen molar-refractivity contribution < 1.29 is 19.1 Å². The maximum absolute atomic E-state index is 11.8. The predicted octanol–water partition coefficient (Wildman–Crippen LogP) is 1.73. The van der Waals surface area contributed by atoms with E-state index < -0.39 is 17.9 Å². The highest BCUT2D eigenvalue weighted by atomic mass is 16.5. The van der Waals surface area contributed by atoms with E-state index in [0.717, 1.165) is 16.5 Å². The summed E-state index contributed by atoms with van der Waals surface area (Å²) in [6.07, 6.45) is 1.81. The largest absolute Gasteiger partial charge is 0.469 e. The summed E-state index contributed by atoms with van der Waals surface area (Å²) < 4.78 is 9.94. The van der Waals surface area contributed by atoms with Crippen molar-refractivity contribution in [3.8, 4) is 5.75 Å². The van der Waals surface area contributed by atoms with Crippen LogP contribution < -0.4 is 4.74 Å². The number of aromatic amines is 1. The molecule has 5 nitrogen and oxygen atoms in total. The highest BCUT2D eigenvalue weighted by molar-refractivity contribution is 5.96. The van der Waals surface area contributed by atoms with Gasteiger partial charge in [-0.3, -0.25) is 9.59 Å². The van der Waals surface area contributed by atoms with Crippen LogP contribution in [0.4, 0.5) is 0 Å². The molecule has 1 aliphatic heterocycles. The molecule has 0 amide bonds. The minimum atomic E-state index is -0.592. The lowest BCUT2D eigenvalue weighted by Crippen LogP contribution is -2.26. The molecule has 5 heteroatoms. The van der Waals surface area contributed by atoms with E-state index in [1.54, 1.807) is 12.3 Å². The minimum Gasteiger partial charge on any atom is -0.469 e. The van der Waals surface area contributed by atoms with Crippen molar-refractivity contribution in [2.24, 2.45) is 0 Å². The van der Waals surface area contributed by atoms with Gasteiger partial charge in [0.05, 0.1) is 19.4 Å². The second-order valence-corrected chi connectivity index (χ2v) is 4.17. The number of H-pyrrole nitrogens is 1. The van der Waals surface area contributed by atoms with Crippen LogP contribution in [0.15, 0.2) is 24.4 Å². The molecule has 1 N–H and O–H groups in total. The zero-order valence-corrected chi connectivity index (χ0v) is 9.73. The van der Waals surface area contributed by atoms with Crippen molar-refractivity contribution in [1.29, 1.82) is 0 Å². The molecule has 0 spiro atoms. The third kappa shape index (κ3) is 1.48. The minimum absolute atomic E-state index is 0.0178. The van der Waals surface area contributed by atoms with Crippen LogP contribution in [0.25, 0.3) is 10.9 Å². The number of carbonyl (C=O) groups is 2. The van der Waals surface area contributed by atoms with Gasteiger partial charge in [-0.25, -0.2) is 0 Å². The molecule has 1 aromatic heterocycles. The molecular formula is C13H11NO4. The Bertz CT molecular complexity index is 643. The average molecular weight is 245 g/mol. The third-order valence-corrected chi connectivity index (χ3v) is 3.16. The van der Waals surface area contributed by atoms with E-state index in [1.165, 1.54) is 7.11 Å². The van der Waals surface area contributed by atoms with Crippen molar-refractivity contribution in [3.05, 3.63) is 30.0 Å². The predicted molar refractivity (Wildman–Crippen MR) is 63.3 cm³/mol. The van der Waals surface area contributed by atoms with Crippen LogP contribution in [0.1, 0.15) is 17.9 Å². The lowest BCUT2D eigenvalue weighted by molar-refractivity contribution is -0.147. The van der Waals surface area contributed by atoms with Gasteiger partial charge in [0, 0.05) is 22.7 Å². The summed E-state index contributed by atoms with van der Waals surface area (Å²) in [5, 5.41) is 0.885. The van der Waals surface area contributed by atoms with E-state index >= 15 is 0 Å². The number of rotatable bonds is 1. The quantitative estimate of drug-likeness (QED) is 0.613. The molecule has 1 unspecified atom stereocenters. The molecule has 92 valence electrons. The number of nitrogens with one attached hydrogen (secondary N) is 1. The van der Waals surface area contributed by atoms with Crippen LogP contribution in [0, 0.1) is 0 Å². The van der Waals surface area contributed by atoms with Crippen LogP contribution in [-0.4, -0.2) is 24.0 Å². The fraction of sp³-hybridized carbons (Fsp3) is 0.231. The Kier molecular flexibility index (Phi) is 2.33. The van der Waals surface area contributed by atoms with Gasteiger partial charge in [-0.05, 0) is 18.2 Å². The molecule has 0 saturated carbocycles. The molecule has 2 heterocycles. The Morgan fingerprint density at radius 1 is 1.44 bits per heavy atom. The van der Waals surface area contributed by atoms with Crippen LogP contribution >= 0.6 is 0 Å². The summed E-state index contributed by atoms with van der Waals surface area (Å²) in [7, 11) is 1.32. The standard InChI is InChI=1S/C13H11NO4/c1-17-13(16)8-6-11(15)18-10-3-2-9-7(12(8)10)4-5-14-9/h2-5,8,14H,6H2,1H3. The zero-order chi connectivity index (χ0) is 12.7. The van der Waals surface area contributed by atoms with Crippen LogP contribution in [0.2, 0.25) is 0 Å². The highest BCUT2D eigenvalue weighted by Gasteiger charge is 2.34. The molecule has 0 saturated heterocycles. The molecular weight excluding hydrogens is 234 g/mol. The van der Waals surface area contributed by atoms with Gasteiger partial charge in [-0.1, -0.05) is 0 Å². The number of methoxy groups -OCH3 is 1. The molecule has 2 aromatic rings. The van der Waals surface area contributed by atoms with Crippen molar-refractivity contribution in [2.45, 2.75) is 12.3 Å². The first-order valence-corrected chi connectivity index (χ1v) is 5.59. The third-order valence-electron chi connectivity index (χ3n) is 3.16. The molecule has 0 aliphatic carbocycles. The van der Waals surface area contributed by atoms with E-state index in [4.69, 9.17) is 9.47 Å². The first kappa shape index (κ1) is 10.8. The van der Waals surface area contributed by atoms with Gasteiger partial charge >= 0.3 is 11.9 Å². The first-order chi connectivity index (χ1) is 8.70. The zero-order valence-electron chi connectivity index (χ0n) is 9.73. The molecule has 0 fully saturated rings. The maximum atomic E-state index is 11.8. The lowest BCUT2D eigenvalue weighted by Gasteiger charge is -2.23. The molecule has 1 atom stereocenters. The molecule has 3 rings (SSSR count). The Balaban J connectivity index is 2.25. The normalized spacial score (nSPS) is 18.3. The monoisotopic (exact) mass is 245 g/mol. The summed E-state index contributed by atoms with van der Waals surface area (Å²) in [5.41, 5.74) is 1.63. The summed E-state index contributed by atoms with van der Waals surface area (Å²) in [4.78, 5) is 26.4. The van der Waals surface area contributed by atoms with Gasteiger partial charge in [-0.2, -0.15) is 0 Å². The molecule has 0 bridgehead atoms. The topological polar surface area (TPSA) is 68.4 Å². The molecule has 1 aromatic carbocycles. The fourth-order valence-corrected chi connectivity index (χ4v) is 2.36. The van der Waals surface area contributed by atoms with E-state index in [1.807, 2.05) is 12.1 Å². The van der Waals surface area contributed by atoms with E-state index in [0.29, 0.717) is 5.75 Å². The molecule has 0 radical (unpaired) electrons. The van der Waals surface area contributed by atoms with Crippen molar-refractivity contribution in [3.63, 3.8) is 0 Å². The Labute approximate surface area is 103 Å². The summed E-state index contributed by atoms with van der Waals surface area (Å²) in [6, 6.07) is 5.38. The van der Waals surface area contributed by atoms with Crippen molar-refractivity contribution in [1.82, 2.24) is 4.98 Å². The van der Waals surface area contributed by atoms with E-state index in [-0.39, 0.29) is 6.42 Å². The second kappa shape index (κ2) is 3.87. The maximum Gasteiger partial charge on any atom is 0.313 e. The van der Waals surface area contributed by atoms with Gasteiger partial charge < -0.3 is 14.5 Å². The number of hydrogen-bond acceptors (Lipinski definition) is 4. The number of aromatic nitrogens is 1. The molecule has 18 heavy (non-hydrogen) atoms. The number of benzene rings is 1. The molecule has 1 aliphatic rings. The summed E-state index contributed by atoms with van der Waals surface area (Å²) in [5.74, 6) is -0.978. The Hall–Kier alpha value is -2.30. The first-order valence-electron chi connectivity index (χ1n) is 5.59. The Morgan fingerprint density at radius 3 is 3.06 bits per heavy atom. The van der Waals surface area contributed by atoms with Crippen molar-refractivity contribution >= 4 is 22.8 Å². The number of fused-ring (bicyclic) bond motifs is 3. The summed E-state index contributed by atoms with van der Waals surface area (Å²) in [6.45, 7) is 0. The number of ether oxygens (including phenoxy) is 2. The Morgan fingerprint density at radius 2 is 2.28 bits per heavy atom. The van der Waals surface area contributed by atoms with Gasteiger partial charge in [0.2, 0.25) is 0 Å². The van der Waals surface area contributed by atoms with Gasteiger partial charge in [-0.15, -0.1) is 0 Å². The smallest absolute Gasteiger partial charge is 0.313 e. The summed E-state index contributed by atoms with van der Waals surface area (Å²) >= 11 is 0. The van der Waals surface area contributed by atoms with Crippen LogP contribution in [0.3, 0.4) is 0 Å². The van der Waals surface area contributed by atoms with Gasteiger partial charge in [0.1, 0.15) is 5.75 Å². The number of carbonyl (C=O) groups excluding carboxylic acids is 2. The van der Waals surface area contributed by atoms with E-state index in [2.05, 4.69) is 4.98 Å².